The number of rotatable bonds is 3. The predicted molar refractivity (Wildman–Crippen MR) is 73.3 cm³/mol. The maximum atomic E-state index is 13.4. The van der Waals surface area contributed by atoms with E-state index in [1.165, 1.54) is 6.07 Å². The highest BCUT2D eigenvalue weighted by atomic mass is 19.2. The highest BCUT2D eigenvalue weighted by Gasteiger charge is 2.24. The third-order valence-electron chi connectivity index (χ3n) is 3.93. The number of halogens is 2. The highest BCUT2D eigenvalue weighted by molar-refractivity contribution is 5.55. The third-order valence-corrected chi connectivity index (χ3v) is 3.93. The largest absolute Gasteiger partial charge is 0.327 e. The van der Waals surface area contributed by atoms with Gasteiger partial charge < -0.3 is 9.47 Å². The monoisotopic (exact) mass is 277 g/mol. The zero-order valence-corrected chi connectivity index (χ0v) is 11.4. The smallest absolute Gasteiger partial charge is 0.159 e. The van der Waals surface area contributed by atoms with E-state index in [9.17, 15) is 8.78 Å². The van der Waals surface area contributed by atoms with Crippen LogP contribution in [-0.4, -0.2) is 34.1 Å². The summed E-state index contributed by atoms with van der Waals surface area (Å²) < 4.78 is 28.5. The van der Waals surface area contributed by atoms with Gasteiger partial charge in [0.1, 0.15) is 5.82 Å². The first-order chi connectivity index (χ1) is 9.69. The first-order valence-corrected chi connectivity index (χ1v) is 6.89. The van der Waals surface area contributed by atoms with E-state index in [2.05, 4.69) is 21.4 Å². The molecule has 0 spiro atoms. The van der Waals surface area contributed by atoms with Crippen molar-refractivity contribution in [3.63, 3.8) is 0 Å². The summed E-state index contributed by atoms with van der Waals surface area (Å²) in [7, 11) is 0. The quantitative estimate of drug-likeness (QED) is 0.859. The summed E-state index contributed by atoms with van der Waals surface area (Å²) in [6, 6.07) is 4.28. The van der Waals surface area contributed by atoms with Crippen LogP contribution in [0, 0.1) is 11.6 Å². The second-order valence-corrected chi connectivity index (χ2v) is 5.12. The van der Waals surface area contributed by atoms with Crippen molar-refractivity contribution in [1.29, 1.82) is 0 Å². The van der Waals surface area contributed by atoms with E-state index in [4.69, 9.17) is 0 Å². The highest BCUT2D eigenvalue weighted by Crippen LogP contribution is 2.28. The number of hydrogen-bond donors (Lipinski definition) is 0. The normalized spacial score (nSPS) is 19.6. The SMILES string of the molecule is CCN1CCC(n2ccnc2-c2ccc(F)c(F)c2)C1. The van der Waals surface area contributed by atoms with E-state index in [-0.39, 0.29) is 0 Å². The molecule has 1 aliphatic rings. The Bertz CT molecular complexity index is 609. The van der Waals surface area contributed by atoms with Crippen LogP contribution in [-0.2, 0) is 0 Å². The fourth-order valence-electron chi connectivity index (χ4n) is 2.79. The van der Waals surface area contributed by atoms with Crippen LogP contribution in [0.25, 0.3) is 11.4 Å². The van der Waals surface area contributed by atoms with Gasteiger partial charge in [0.05, 0.1) is 0 Å². The van der Waals surface area contributed by atoms with Gasteiger partial charge in [-0.2, -0.15) is 0 Å². The Morgan fingerprint density at radius 2 is 2.15 bits per heavy atom. The van der Waals surface area contributed by atoms with E-state index >= 15 is 0 Å². The van der Waals surface area contributed by atoms with Gasteiger partial charge in [-0.3, -0.25) is 0 Å². The molecule has 0 N–H and O–H groups in total. The van der Waals surface area contributed by atoms with Gasteiger partial charge >= 0.3 is 0 Å². The topological polar surface area (TPSA) is 21.1 Å². The number of likely N-dealkylation sites (tertiary alicyclic amines) is 1. The number of imidazole rings is 1. The molecule has 2 aromatic rings. The second-order valence-electron chi connectivity index (χ2n) is 5.12. The number of hydrogen-bond acceptors (Lipinski definition) is 2. The molecule has 3 nitrogen and oxygen atoms in total. The van der Waals surface area contributed by atoms with Gasteiger partial charge in [0, 0.05) is 37.1 Å². The lowest BCUT2D eigenvalue weighted by molar-refractivity contribution is 0.342. The van der Waals surface area contributed by atoms with Gasteiger partial charge in [-0.1, -0.05) is 6.92 Å². The summed E-state index contributed by atoms with van der Waals surface area (Å²) in [5.41, 5.74) is 0.615. The van der Waals surface area contributed by atoms with Gasteiger partial charge in [-0.15, -0.1) is 0 Å². The second kappa shape index (κ2) is 5.32. The lowest BCUT2D eigenvalue weighted by Gasteiger charge is -2.16. The molecule has 0 amide bonds. The van der Waals surface area contributed by atoms with Crippen LogP contribution in [0.15, 0.2) is 30.6 Å². The molecule has 1 fully saturated rings. The molecule has 3 rings (SSSR count). The molecule has 5 heteroatoms. The standard InChI is InChI=1S/C15H17F2N3/c1-2-19-7-5-12(10-19)20-8-6-18-15(20)11-3-4-13(16)14(17)9-11/h3-4,6,8-9,12H,2,5,7,10H2,1H3. The molecular weight excluding hydrogens is 260 g/mol. The molecule has 0 aliphatic carbocycles. The van der Waals surface area contributed by atoms with Crippen LogP contribution >= 0.6 is 0 Å². The lowest BCUT2D eigenvalue weighted by Crippen LogP contribution is -2.21. The molecule has 0 saturated carbocycles. The molecule has 1 saturated heterocycles. The van der Waals surface area contributed by atoms with Crippen molar-refractivity contribution in [2.45, 2.75) is 19.4 Å². The Morgan fingerprint density at radius 1 is 1.30 bits per heavy atom. The molecule has 1 aliphatic heterocycles. The summed E-state index contributed by atoms with van der Waals surface area (Å²) in [6.45, 7) is 5.22. The number of benzene rings is 1. The van der Waals surface area contributed by atoms with Crippen molar-refractivity contribution in [2.75, 3.05) is 19.6 Å². The Hall–Kier alpha value is -1.75. The lowest BCUT2D eigenvalue weighted by atomic mass is 10.2. The summed E-state index contributed by atoms with van der Waals surface area (Å²) in [5.74, 6) is -0.963. The molecule has 1 aromatic carbocycles. The number of likely N-dealkylation sites (N-methyl/N-ethyl adjacent to an activating group) is 1. The molecule has 20 heavy (non-hydrogen) atoms. The molecule has 1 atom stereocenters. The van der Waals surface area contributed by atoms with Crippen LogP contribution in [0.1, 0.15) is 19.4 Å². The molecule has 0 bridgehead atoms. The van der Waals surface area contributed by atoms with Gasteiger partial charge in [-0.25, -0.2) is 13.8 Å². The first-order valence-electron chi connectivity index (χ1n) is 6.89. The summed E-state index contributed by atoms with van der Waals surface area (Å²) in [5, 5.41) is 0. The molecule has 1 unspecified atom stereocenters. The molecule has 106 valence electrons. The van der Waals surface area contributed by atoms with Gasteiger partial charge in [0.15, 0.2) is 11.6 Å². The number of nitrogens with zero attached hydrogens (tertiary/aromatic N) is 3. The minimum absolute atomic E-state index is 0.348. The maximum Gasteiger partial charge on any atom is 0.159 e. The Morgan fingerprint density at radius 3 is 2.85 bits per heavy atom. The fraction of sp³-hybridized carbons (Fsp3) is 0.400. The van der Waals surface area contributed by atoms with Crippen LogP contribution < -0.4 is 0 Å². The van der Waals surface area contributed by atoms with Crippen LogP contribution in [0.4, 0.5) is 8.78 Å². The average molecular weight is 277 g/mol. The average Bonchev–Trinajstić information content (AvgIpc) is 3.09. The van der Waals surface area contributed by atoms with Crippen molar-refractivity contribution in [1.82, 2.24) is 14.5 Å². The van der Waals surface area contributed by atoms with Crippen molar-refractivity contribution < 1.29 is 8.78 Å². The summed E-state index contributed by atoms with van der Waals surface area (Å²) in [6.07, 6.45) is 4.69. The van der Waals surface area contributed by atoms with E-state index < -0.39 is 11.6 Å². The summed E-state index contributed by atoms with van der Waals surface area (Å²) >= 11 is 0. The van der Waals surface area contributed by atoms with Gasteiger partial charge in [0.25, 0.3) is 0 Å². The van der Waals surface area contributed by atoms with Gasteiger partial charge in [-0.05, 0) is 31.2 Å². The van der Waals surface area contributed by atoms with E-state index in [0.717, 1.165) is 32.1 Å². The van der Waals surface area contributed by atoms with E-state index in [1.807, 2.05) is 6.20 Å². The van der Waals surface area contributed by atoms with E-state index in [0.29, 0.717) is 17.4 Å². The van der Waals surface area contributed by atoms with E-state index in [1.54, 1.807) is 12.3 Å². The molecule has 2 heterocycles. The zero-order valence-electron chi connectivity index (χ0n) is 11.4. The summed E-state index contributed by atoms with van der Waals surface area (Å²) in [4.78, 5) is 6.68. The van der Waals surface area contributed by atoms with Crippen LogP contribution in [0.5, 0.6) is 0 Å². The van der Waals surface area contributed by atoms with Crippen molar-refractivity contribution in [3.8, 4) is 11.4 Å². The molecule has 0 radical (unpaired) electrons. The Labute approximate surface area is 116 Å². The van der Waals surface area contributed by atoms with Crippen LogP contribution in [0.2, 0.25) is 0 Å². The van der Waals surface area contributed by atoms with Crippen molar-refractivity contribution >= 4 is 0 Å². The zero-order chi connectivity index (χ0) is 14.1. The predicted octanol–water partition coefficient (Wildman–Crippen LogP) is 3.10. The molecular formula is C15H17F2N3. The Kier molecular flexibility index (Phi) is 3.53. The third kappa shape index (κ3) is 2.33. The van der Waals surface area contributed by atoms with Crippen LogP contribution in [0.3, 0.4) is 0 Å². The van der Waals surface area contributed by atoms with Crippen molar-refractivity contribution in [3.05, 3.63) is 42.2 Å². The first kappa shape index (κ1) is 13.2. The fourth-order valence-corrected chi connectivity index (χ4v) is 2.79. The van der Waals surface area contributed by atoms with Gasteiger partial charge in [0.2, 0.25) is 0 Å². The minimum Gasteiger partial charge on any atom is -0.327 e. The minimum atomic E-state index is -0.835. The number of aromatic nitrogens is 2. The van der Waals surface area contributed by atoms with Crippen molar-refractivity contribution in [2.24, 2.45) is 0 Å². The maximum absolute atomic E-state index is 13.4. The molecule has 1 aromatic heterocycles. The Balaban J connectivity index is 1.92.